The van der Waals surface area contributed by atoms with E-state index in [0.29, 0.717) is 11.8 Å². The zero-order valence-corrected chi connectivity index (χ0v) is 12.8. The molecule has 0 bridgehead atoms. The number of amides is 1. The van der Waals surface area contributed by atoms with E-state index in [9.17, 15) is 18.4 Å². The van der Waals surface area contributed by atoms with Crippen LogP contribution in [0.5, 0.6) is 5.75 Å². The number of hydrogen-bond donors (Lipinski definition) is 1. The molecule has 0 aliphatic carbocycles. The molecule has 1 amide bonds. The molecule has 126 valence electrons. The van der Waals surface area contributed by atoms with Gasteiger partial charge in [0.1, 0.15) is 17.4 Å². The lowest BCUT2D eigenvalue weighted by Crippen LogP contribution is -2.28. The summed E-state index contributed by atoms with van der Waals surface area (Å²) in [4.78, 5) is 23.3. The van der Waals surface area contributed by atoms with Crippen molar-refractivity contribution in [2.24, 2.45) is 0 Å². The molecule has 0 fully saturated rings. The average Bonchev–Trinajstić information content (AvgIpc) is 2.57. The minimum Gasteiger partial charge on any atom is -0.497 e. The number of rotatable bonds is 6. The van der Waals surface area contributed by atoms with Gasteiger partial charge in [0.25, 0.3) is 5.91 Å². The number of benzene rings is 2. The minimum absolute atomic E-state index is 0.224. The highest BCUT2D eigenvalue weighted by Gasteiger charge is 2.12. The van der Waals surface area contributed by atoms with Crippen molar-refractivity contribution >= 4 is 11.9 Å². The van der Waals surface area contributed by atoms with E-state index in [-0.39, 0.29) is 12.1 Å². The number of carbonyl (C=O) groups excluding carboxylic acids is 2. The predicted molar refractivity (Wildman–Crippen MR) is 81.5 cm³/mol. The van der Waals surface area contributed by atoms with Gasteiger partial charge in [-0.15, -0.1) is 0 Å². The fourth-order valence-corrected chi connectivity index (χ4v) is 1.92. The number of halogens is 2. The first-order valence-electron chi connectivity index (χ1n) is 7.01. The van der Waals surface area contributed by atoms with Gasteiger partial charge in [0.15, 0.2) is 6.61 Å². The van der Waals surface area contributed by atoms with Gasteiger partial charge >= 0.3 is 5.97 Å². The molecule has 0 aliphatic heterocycles. The van der Waals surface area contributed by atoms with Crippen LogP contribution < -0.4 is 10.1 Å². The molecule has 2 aromatic rings. The van der Waals surface area contributed by atoms with E-state index in [0.717, 1.165) is 17.7 Å². The van der Waals surface area contributed by atoms with E-state index in [1.807, 2.05) is 0 Å². The number of methoxy groups -OCH3 is 1. The summed E-state index contributed by atoms with van der Waals surface area (Å²) in [6.45, 7) is -0.330. The zero-order chi connectivity index (χ0) is 17.5. The number of nitrogens with one attached hydrogen (secondary N) is 1. The van der Waals surface area contributed by atoms with Crippen LogP contribution in [0.25, 0.3) is 0 Å². The molecule has 0 radical (unpaired) electrons. The molecular formula is C17H15F2NO4. The normalized spacial score (nSPS) is 10.1. The van der Waals surface area contributed by atoms with E-state index in [4.69, 9.17) is 9.47 Å². The quantitative estimate of drug-likeness (QED) is 0.824. The minimum atomic E-state index is -0.982. The van der Waals surface area contributed by atoms with Crippen molar-refractivity contribution in [1.29, 1.82) is 0 Å². The Morgan fingerprint density at radius 1 is 1.08 bits per heavy atom. The highest BCUT2D eigenvalue weighted by molar-refractivity contribution is 5.91. The van der Waals surface area contributed by atoms with Gasteiger partial charge in [-0.1, -0.05) is 12.1 Å². The molecular weight excluding hydrogens is 320 g/mol. The fraction of sp³-hybridized carbons (Fsp3) is 0.176. The lowest BCUT2D eigenvalue weighted by molar-refractivity contribution is -0.124. The Balaban J connectivity index is 1.83. The Labute approximate surface area is 137 Å². The summed E-state index contributed by atoms with van der Waals surface area (Å²) in [5.74, 6) is -2.66. The smallest absolute Gasteiger partial charge is 0.338 e. The molecule has 0 unspecified atom stereocenters. The van der Waals surface area contributed by atoms with Crippen molar-refractivity contribution in [3.8, 4) is 5.75 Å². The largest absolute Gasteiger partial charge is 0.497 e. The monoisotopic (exact) mass is 335 g/mol. The second kappa shape index (κ2) is 8.05. The topological polar surface area (TPSA) is 64.6 Å². The molecule has 5 nitrogen and oxygen atoms in total. The summed E-state index contributed by atoms with van der Waals surface area (Å²) in [7, 11) is 1.53. The Kier molecular flexibility index (Phi) is 5.83. The molecule has 0 aromatic heterocycles. The summed E-state index contributed by atoms with van der Waals surface area (Å²) < 4.78 is 35.8. The molecule has 0 heterocycles. The van der Waals surface area contributed by atoms with Crippen molar-refractivity contribution in [3.63, 3.8) is 0 Å². The SMILES string of the molecule is COc1cccc(CNC(=O)COC(=O)c2cc(F)cc(F)c2)c1. The van der Waals surface area contributed by atoms with E-state index >= 15 is 0 Å². The lowest BCUT2D eigenvalue weighted by Gasteiger charge is -2.08. The van der Waals surface area contributed by atoms with Crippen LogP contribution in [0.2, 0.25) is 0 Å². The molecule has 24 heavy (non-hydrogen) atoms. The van der Waals surface area contributed by atoms with E-state index in [1.165, 1.54) is 7.11 Å². The molecule has 0 saturated carbocycles. The first-order valence-corrected chi connectivity index (χ1v) is 7.01. The second-order valence-electron chi connectivity index (χ2n) is 4.86. The second-order valence-corrected chi connectivity index (χ2v) is 4.86. The van der Waals surface area contributed by atoms with Crippen LogP contribution in [-0.2, 0) is 16.1 Å². The first kappa shape index (κ1) is 17.4. The molecule has 7 heteroatoms. The number of carbonyl (C=O) groups is 2. The van der Waals surface area contributed by atoms with E-state index < -0.39 is 30.1 Å². The highest BCUT2D eigenvalue weighted by Crippen LogP contribution is 2.12. The van der Waals surface area contributed by atoms with E-state index in [2.05, 4.69) is 5.32 Å². The van der Waals surface area contributed by atoms with Gasteiger partial charge in [-0.25, -0.2) is 13.6 Å². The third-order valence-electron chi connectivity index (χ3n) is 3.06. The van der Waals surface area contributed by atoms with Crippen molar-refractivity contribution in [3.05, 3.63) is 65.2 Å². The molecule has 2 rings (SSSR count). The zero-order valence-electron chi connectivity index (χ0n) is 12.8. The Morgan fingerprint density at radius 3 is 2.46 bits per heavy atom. The Hall–Kier alpha value is -2.96. The van der Waals surface area contributed by atoms with Crippen LogP contribution in [0.15, 0.2) is 42.5 Å². The maximum atomic E-state index is 13.0. The number of hydrogen-bond acceptors (Lipinski definition) is 4. The molecule has 0 aliphatic rings. The summed E-state index contributed by atoms with van der Waals surface area (Å²) in [5.41, 5.74) is 0.509. The van der Waals surface area contributed by atoms with Crippen LogP contribution in [-0.4, -0.2) is 25.6 Å². The number of ether oxygens (including phenoxy) is 2. The van der Waals surface area contributed by atoms with Crippen LogP contribution in [0, 0.1) is 11.6 Å². The fourth-order valence-electron chi connectivity index (χ4n) is 1.92. The number of esters is 1. The standard InChI is InChI=1S/C17H15F2NO4/c1-23-15-4-2-3-11(5-15)9-20-16(21)10-24-17(22)12-6-13(18)8-14(19)7-12/h2-8H,9-10H2,1H3,(H,20,21). The lowest BCUT2D eigenvalue weighted by atomic mass is 10.2. The van der Waals surface area contributed by atoms with Gasteiger partial charge in [-0.05, 0) is 29.8 Å². The van der Waals surface area contributed by atoms with Gasteiger partial charge in [0, 0.05) is 12.6 Å². The third kappa shape index (κ3) is 5.05. The van der Waals surface area contributed by atoms with E-state index in [1.54, 1.807) is 24.3 Å². The van der Waals surface area contributed by atoms with Crippen molar-refractivity contribution in [2.75, 3.05) is 13.7 Å². The van der Waals surface area contributed by atoms with Crippen molar-refractivity contribution in [2.45, 2.75) is 6.54 Å². The van der Waals surface area contributed by atoms with Crippen LogP contribution in [0.3, 0.4) is 0 Å². The van der Waals surface area contributed by atoms with Crippen LogP contribution in [0.4, 0.5) is 8.78 Å². The maximum absolute atomic E-state index is 13.0. The summed E-state index contributed by atoms with van der Waals surface area (Å²) >= 11 is 0. The summed E-state index contributed by atoms with van der Waals surface area (Å²) in [6.07, 6.45) is 0. The van der Waals surface area contributed by atoms with Gasteiger partial charge in [0.05, 0.1) is 12.7 Å². The molecule has 2 aromatic carbocycles. The van der Waals surface area contributed by atoms with Crippen molar-refractivity contribution in [1.82, 2.24) is 5.32 Å². The Morgan fingerprint density at radius 2 is 1.79 bits per heavy atom. The van der Waals surface area contributed by atoms with Crippen LogP contribution in [0.1, 0.15) is 15.9 Å². The van der Waals surface area contributed by atoms with Gasteiger partial charge in [-0.3, -0.25) is 4.79 Å². The first-order chi connectivity index (χ1) is 11.5. The predicted octanol–water partition coefficient (Wildman–Crippen LogP) is 2.45. The molecule has 0 saturated heterocycles. The Bertz CT molecular complexity index is 729. The molecule has 1 N–H and O–H groups in total. The highest BCUT2D eigenvalue weighted by atomic mass is 19.1. The van der Waals surface area contributed by atoms with Crippen LogP contribution >= 0.6 is 0 Å². The molecule has 0 atom stereocenters. The van der Waals surface area contributed by atoms with Gasteiger partial charge in [0.2, 0.25) is 0 Å². The molecule has 0 spiro atoms. The third-order valence-corrected chi connectivity index (χ3v) is 3.06. The van der Waals surface area contributed by atoms with Gasteiger partial charge < -0.3 is 14.8 Å². The summed E-state index contributed by atoms with van der Waals surface area (Å²) in [6, 6.07) is 9.40. The average molecular weight is 335 g/mol. The summed E-state index contributed by atoms with van der Waals surface area (Å²) in [5, 5.41) is 2.56. The van der Waals surface area contributed by atoms with Gasteiger partial charge in [-0.2, -0.15) is 0 Å². The maximum Gasteiger partial charge on any atom is 0.338 e. The van der Waals surface area contributed by atoms with Crippen molar-refractivity contribution < 1.29 is 27.8 Å².